The first kappa shape index (κ1) is 14.2. The highest BCUT2D eigenvalue weighted by molar-refractivity contribution is 6.33. The summed E-state index contributed by atoms with van der Waals surface area (Å²) in [5.41, 5.74) is 7.57. The molecule has 0 saturated heterocycles. The van der Waals surface area contributed by atoms with Gasteiger partial charge in [0.2, 0.25) is 0 Å². The molecule has 2 rings (SSSR count). The number of aromatic hydroxyl groups is 1. The van der Waals surface area contributed by atoms with Crippen LogP contribution in [0, 0.1) is 0 Å². The molecule has 2 aromatic rings. The van der Waals surface area contributed by atoms with Crippen LogP contribution in [0.25, 0.3) is 0 Å². The van der Waals surface area contributed by atoms with Crippen LogP contribution in [-0.2, 0) is 6.42 Å². The molecule has 104 valence electrons. The molecule has 0 radical (unpaired) electrons. The third-order valence-electron chi connectivity index (χ3n) is 2.90. The SMILES string of the molecule is Nc1ccc(C(=O)NCCc2ccc(O)cc2)cc1Cl. The number of carbonyl (C=O) groups is 1. The Hall–Kier alpha value is -2.20. The zero-order chi connectivity index (χ0) is 14.5. The third-order valence-corrected chi connectivity index (χ3v) is 3.23. The molecule has 1 amide bonds. The van der Waals surface area contributed by atoms with Crippen LogP contribution in [0.5, 0.6) is 5.75 Å². The molecule has 20 heavy (non-hydrogen) atoms. The van der Waals surface area contributed by atoms with Crippen molar-refractivity contribution in [3.05, 3.63) is 58.6 Å². The molecule has 4 nitrogen and oxygen atoms in total. The van der Waals surface area contributed by atoms with Gasteiger partial charge < -0.3 is 16.2 Å². The molecule has 0 atom stereocenters. The topological polar surface area (TPSA) is 75.4 Å². The second kappa shape index (κ2) is 6.30. The van der Waals surface area contributed by atoms with Crippen LogP contribution in [0.2, 0.25) is 5.02 Å². The summed E-state index contributed by atoms with van der Waals surface area (Å²) in [6.07, 6.45) is 0.689. The van der Waals surface area contributed by atoms with Gasteiger partial charge in [-0.25, -0.2) is 0 Å². The third kappa shape index (κ3) is 3.65. The first-order valence-electron chi connectivity index (χ1n) is 6.17. The second-order valence-electron chi connectivity index (χ2n) is 4.41. The molecule has 0 aliphatic rings. The number of hydrogen-bond acceptors (Lipinski definition) is 3. The Morgan fingerprint density at radius 2 is 1.90 bits per heavy atom. The summed E-state index contributed by atoms with van der Waals surface area (Å²) in [6, 6.07) is 11.7. The van der Waals surface area contributed by atoms with E-state index in [-0.39, 0.29) is 11.7 Å². The van der Waals surface area contributed by atoms with E-state index in [1.165, 1.54) is 0 Å². The van der Waals surface area contributed by atoms with Crippen LogP contribution in [-0.4, -0.2) is 17.6 Å². The molecule has 0 saturated carbocycles. The lowest BCUT2D eigenvalue weighted by atomic mass is 10.1. The minimum absolute atomic E-state index is 0.189. The van der Waals surface area contributed by atoms with Crippen molar-refractivity contribution in [1.29, 1.82) is 0 Å². The largest absolute Gasteiger partial charge is 0.508 e. The second-order valence-corrected chi connectivity index (χ2v) is 4.82. The minimum Gasteiger partial charge on any atom is -0.508 e. The summed E-state index contributed by atoms with van der Waals surface area (Å²) in [6.45, 7) is 0.506. The van der Waals surface area contributed by atoms with Crippen LogP contribution < -0.4 is 11.1 Å². The van der Waals surface area contributed by atoms with Crippen molar-refractivity contribution >= 4 is 23.2 Å². The molecule has 0 heterocycles. The smallest absolute Gasteiger partial charge is 0.251 e. The van der Waals surface area contributed by atoms with Gasteiger partial charge in [-0.3, -0.25) is 4.79 Å². The van der Waals surface area contributed by atoms with Crippen LogP contribution in [0.1, 0.15) is 15.9 Å². The van der Waals surface area contributed by atoms with Gasteiger partial charge in [0.25, 0.3) is 5.91 Å². The molecule has 0 aliphatic carbocycles. The van der Waals surface area contributed by atoms with Crippen molar-refractivity contribution in [3.63, 3.8) is 0 Å². The van der Waals surface area contributed by atoms with Gasteiger partial charge in [-0.2, -0.15) is 0 Å². The maximum Gasteiger partial charge on any atom is 0.251 e. The van der Waals surface area contributed by atoms with Crippen molar-refractivity contribution in [2.45, 2.75) is 6.42 Å². The van der Waals surface area contributed by atoms with Crippen molar-refractivity contribution in [3.8, 4) is 5.75 Å². The monoisotopic (exact) mass is 290 g/mol. The van der Waals surface area contributed by atoms with E-state index in [0.29, 0.717) is 29.2 Å². The van der Waals surface area contributed by atoms with Crippen LogP contribution in [0.4, 0.5) is 5.69 Å². The van der Waals surface area contributed by atoms with E-state index in [4.69, 9.17) is 17.3 Å². The molecule has 4 N–H and O–H groups in total. The molecule has 0 bridgehead atoms. The average Bonchev–Trinajstić information content (AvgIpc) is 2.44. The Kier molecular flexibility index (Phi) is 4.48. The van der Waals surface area contributed by atoms with Gasteiger partial charge in [0.1, 0.15) is 5.75 Å². The van der Waals surface area contributed by atoms with E-state index >= 15 is 0 Å². The minimum atomic E-state index is -0.189. The van der Waals surface area contributed by atoms with Gasteiger partial charge in [0, 0.05) is 12.1 Å². The van der Waals surface area contributed by atoms with Gasteiger partial charge in [0.05, 0.1) is 10.7 Å². The Balaban J connectivity index is 1.88. The molecular weight excluding hydrogens is 276 g/mol. The molecule has 0 fully saturated rings. The fourth-order valence-electron chi connectivity index (χ4n) is 1.75. The van der Waals surface area contributed by atoms with Gasteiger partial charge in [-0.05, 0) is 42.3 Å². The summed E-state index contributed by atoms with van der Waals surface area (Å²) < 4.78 is 0. The van der Waals surface area contributed by atoms with E-state index in [1.54, 1.807) is 30.3 Å². The van der Waals surface area contributed by atoms with Crippen molar-refractivity contribution in [1.82, 2.24) is 5.32 Å². The maximum atomic E-state index is 11.9. The molecule has 0 spiro atoms. The molecule has 0 aromatic heterocycles. The Bertz CT molecular complexity index is 612. The average molecular weight is 291 g/mol. The molecular formula is C15H15ClN2O2. The standard InChI is InChI=1S/C15H15ClN2O2/c16-13-9-11(3-6-14(13)17)15(20)18-8-7-10-1-4-12(19)5-2-10/h1-6,9,19H,7-8,17H2,(H,18,20). The summed E-state index contributed by atoms with van der Waals surface area (Å²) in [7, 11) is 0. The highest BCUT2D eigenvalue weighted by atomic mass is 35.5. The number of nitrogen functional groups attached to an aromatic ring is 1. The number of phenolic OH excluding ortho intramolecular Hbond substituents is 1. The van der Waals surface area contributed by atoms with E-state index in [0.717, 1.165) is 5.56 Å². The number of rotatable bonds is 4. The highest BCUT2D eigenvalue weighted by Gasteiger charge is 2.07. The van der Waals surface area contributed by atoms with Gasteiger partial charge >= 0.3 is 0 Å². The van der Waals surface area contributed by atoms with Crippen LogP contribution >= 0.6 is 11.6 Å². The number of carbonyl (C=O) groups excluding carboxylic acids is 1. The summed E-state index contributed by atoms with van der Waals surface area (Å²) in [5, 5.41) is 12.4. The molecule has 0 unspecified atom stereocenters. The van der Waals surface area contributed by atoms with Gasteiger partial charge in [-0.1, -0.05) is 23.7 Å². The Morgan fingerprint density at radius 3 is 2.55 bits per heavy atom. The van der Waals surface area contributed by atoms with E-state index in [9.17, 15) is 9.90 Å². The maximum absolute atomic E-state index is 11.9. The molecule has 0 aliphatic heterocycles. The lowest BCUT2D eigenvalue weighted by Crippen LogP contribution is -2.25. The fourth-order valence-corrected chi connectivity index (χ4v) is 1.93. The summed E-state index contributed by atoms with van der Waals surface area (Å²) >= 11 is 5.87. The van der Waals surface area contributed by atoms with E-state index in [1.807, 2.05) is 12.1 Å². The van der Waals surface area contributed by atoms with Gasteiger partial charge in [-0.15, -0.1) is 0 Å². The van der Waals surface area contributed by atoms with Crippen molar-refractivity contribution < 1.29 is 9.90 Å². The number of amides is 1. The predicted octanol–water partition coefficient (Wildman–Crippen LogP) is 2.60. The Morgan fingerprint density at radius 1 is 1.20 bits per heavy atom. The van der Waals surface area contributed by atoms with E-state index in [2.05, 4.69) is 5.32 Å². The summed E-state index contributed by atoms with van der Waals surface area (Å²) in [5.74, 6) is 0.0416. The predicted molar refractivity (Wildman–Crippen MR) is 80.0 cm³/mol. The lowest BCUT2D eigenvalue weighted by molar-refractivity contribution is 0.0954. The Labute approximate surface area is 122 Å². The van der Waals surface area contributed by atoms with Crippen molar-refractivity contribution in [2.24, 2.45) is 0 Å². The number of hydrogen-bond donors (Lipinski definition) is 3. The number of nitrogens with two attached hydrogens (primary N) is 1. The van der Waals surface area contributed by atoms with Gasteiger partial charge in [0.15, 0.2) is 0 Å². The normalized spacial score (nSPS) is 10.2. The zero-order valence-electron chi connectivity index (χ0n) is 10.8. The van der Waals surface area contributed by atoms with Crippen molar-refractivity contribution in [2.75, 3.05) is 12.3 Å². The molecule has 5 heteroatoms. The number of phenols is 1. The van der Waals surface area contributed by atoms with E-state index < -0.39 is 0 Å². The fraction of sp³-hybridized carbons (Fsp3) is 0.133. The summed E-state index contributed by atoms with van der Waals surface area (Å²) in [4.78, 5) is 11.9. The first-order valence-corrected chi connectivity index (χ1v) is 6.55. The number of nitrogens with one attached hydrogen (secondary N) is 1. The van der Waals surface area contributed by atoms with Crippen LogP contribution in [0.15, 0.2) is 42.5 Å². The first-order chi connectivity index (χ1) is 9.56. The lowest BCUT2D eigenvalue weighted by Gasteiger charge is -2.07. The number of anilines is 1. The quantitative estimate of drug-likeness (QED) is 0.758. The zero-order valence-corrected chi connectivity index (χ0v) is 11.5. The van der Waals surface area contributed by atoms with Crippen LogP contribution in [0.3, 0.4) is 0 Å². The number of halogens is 1. The molecule has 2 aromatic carbocycles. The highest BCUT2D eigenvalue weighted by Crippen LogP contribution is 2.19. The number of benzene rings is 2.